The van der Waals surface area contributed by atoms with Crippen molar-refractivity contribution in [3.8, 4) is 0 Å². The van der Waals surface area contributed by atoms with Crippen LogP contribution in [0.3, 0.4) is 0 Å². The van der Waals surface area contributed by atoms with Crippen LogP contribution in [-0.4, -0.2) is 11.1 Å². The number of benzene rings is 1. The van der Waals surface area contributed by atoms with Gasteiger partial charge >= 0.3 is 5.97 Å². The third kappa shape index (κ3) is 2.55. The van der Waals surface area contributed by atoms with Gasteiger partial charge in [0, 0.05) is 0 Å². The Morgan fingerprint density at radius 2 is 1.58 bits per heavy atom. The van der Waals surface area contributed by atoms with E-state index < -0.39 is 5.97 Å². The van der Waals surface area contributed by atoms with Crippen molar-refractivity contribution in [1.82, 2.24) is 0 Å². The zero-order chi connectivity index (χ0) is 8.43. The van der Waals surface area contributed by atoms with E-state index in [0.29, 0.717) is 5.56 Å². The molecule has 1 N–H and O–H groups in total. The van der Waals surface area contributed by atoms with Crippen molar-refractivity contribution in [2.45, 2.75) is 13.8 Å². The third-order valence-corrected chi connectivity index (χ3v) is 1.47. The smallest absolute Gasteiger partial charge is 0.335 e. The molecule has 0 spiro atoms. The first-order chi connectivity index (χ1) is 5.09. The van der Waals surface area contributed by atoms with Gasteiger partial charge in [0.05, 0.1) is 5.56 Å². The molecule has 0 fully saturated rings. The summed E-state index contributed by atoms with van der Waals surface area (Å²) in [6, 6.07) is 5.27. The van der Waals surface area contributed by atoms with Crippen molar-refractivity contribution in [2.24, 2.45) is 0 Å². The highest BCUT2D eigenvalue weighted by Crippen LogP contribution is 2.08. The van der Waals surface area contributed by atoms with E-state index in [1.165, 1.54) is 0 Å². The lowest BCUT2D eigenvalue weighted by Crippen LogP contribution is -1.96. The molecule has 0 aromatic heterocycles. The molecular weight excluding hydrogens is 176 g/mol. The van der Waals surface area contributed by atoms with Crippen LogP contribution in [0.1, 0.15) is 21.5 Å². The zero-order valence-corrected chi connectivity index (χ0v) is 7.81. The fourth-order valence-electron chi connectivity index (χ4n) is 1.10. The molecule has 0 heterocycles. The second kappa shape index (κ2) is 4.12. The molecule has 0 aliphatic carbocycles. The Kier molecular flexibility index (Phi) is 3.77. The van der Waals surface area contributed by atoms with E-state index in [1.54, 1.807) is 12.1 Å². The van der Waals surface area contributed by atoms with Crippen LogP contribution in [0.5, 0.6) is 0 Å². The van der Waals surface area contributed by atoms with E-state index in [9.17, 15) is 4.79 Å². The number of carboxylic acid groups (broad SMARTS) is 1. The normalized spacial score (nSPS) is 8.83. The lowest BCUT2D eigenvalue weighted by Gasteiger charge is -1.98. The molecule has 0 radical (unpaired) electrons. The topological polar surface area (TPSA) is 37.3 Å². The summed E-state index contributed by atoms with van der Waals surface area (Å²) in [4.78, 5) is 10.5. The molecule has 2 nitrogen and oxygen atoms in total. The van der Waals surface area contributed by atoms with Crippen molar-refractivity contribution >= 4 is 18.4 Å². The van der Waals surface area contributed by atoms with Gasteiger partial charge < -0.3 is 5.11 Å². The summed E-state index contributed by atoms with van der Waals surface area (Å²) >= 11 is 0. The van der Waals surface area contributed by atoms with Crippen LogP contribution in [0, 0.1) is 13.8 Å². The lowest BCUT2D eigenvalue weighted by atomic mass is 10.1. The first kappa shape index (κ1) is 11.0. The molecule has 0 saturated carbocycles. The van der Waals surface area contributed by atoms with Gasteiger partial charge in [0.25, 0.3) is 0 Å². The first-order valence-corrected chi connectivity index (χ1v) is 3.41. The largest absolute Gasteiger partial charge is 0.478 e. The van der Waals surface area contributed by atoms with Crippen molar-refractivity contribution in [1.29, 1.82) is 0 Å². The number of halogens is 1. The number of carboxylic acids is 1. The molecule has 12 heavy (non-hydrogen) atoms. The molecule has 0 amide bonds. The highest BCUT2D eigenvalue weighted by Gasteiger charge is 2.02. The van der Waals surface area contributed by atoms with Gasteiger partial charge in [0.15, 0.2) is 0 Å². The quantitative estimate of drug-likeness (QED) is 0.732. The van der Waals surface area contributed by atoms with Crippen LogP contribution in [0.25, 0.3) is 0 Å². The summed E-state index contributed by atoms with van der Waals surface area (Å²) < 4.78 is 0. The molecular formula is C9H11ClO2. The standard InChI is InChI=1S/C9H10O2.ClH/c1-6-3-7(2)5-8(4-6)9(10)11;/h3-5H,1-2H3,(H,10,11);1H. The first-order valence-electron chi connectivity index (χ1n) is 3.41. The molecule has 1 aromatic rings. The van der Waals surface area contributed by atoms with Gasteiger partial charge in [-0.2, -0.15) is 0 Å². The second-order valence-corrected chi connectivity index (χ2v) is 2.68. The van der Waals surface area contributed by atoms with Crippen LogP contribution < -0.4 is 0 Å². The van der Waals surface area contributed by atoms with Gasteiger partial charge in [-0.25, -0.2) is 4.79 Å². The maximum Gasteiger partial charge on any atom is 0.335 e. The minimum absolute atomic E-state index is 0. The Morgan fingerprint density at radius 1 is 1.17 bits per heavy atom. The summed E-state index contributed by atoms with van der Waals surface area (Å²) in [6.45, 7) is 3.78. The highest BCUT2D eigenvalue weighted by molar-refractivity contribution is 5.88. The Morgan fingerprint density at radius 3 is 1.92 bits per heavy atom. The van der Waals surface area contributed by atoms with Crippen LogP contribution in [0.15, 0.2) is 18.2 Å². The summed E-state index contributed by atoms with van der Waals surface area (Å²) in [5, 5.41) is 8.63. The SMILES string of the molecule is Cc1cc(C)cc(C(=O)O)c1.Cl. The van der Waals surface area contributed by atoms with Gasteiger partial charge in [-0.15, -0.1) is 12.4 Å². The predicted octanol–water partition coefficient (Wildman–Crippen LogP) is 2.42. The molecule has 0 bridgehead atoms. The molecule has 3 heteroatoms. The van der Waals surface area contributed by atoms with Gasteiger partial charge in [-0.3, -0.25) is 0 Å². The number of aromatic carboxylic acids is 1. The summed E-state index contributed by atoms with van der Waals surface area (Å²) in [6.07, 6.45) is 0. The van der Waals surface area contributed by atoms with Crippen molar-refractivity contribution in [3.05, 3.63) is 34.9 Å². The maximum absolute atomic E-state index is 10.5. The van der Waals surface area contributed by atoms with E-state index in [4.69, 9.17) is 5.11 Å². The predicted molar refractivity (Wildman–Crippen MR) is 50.1 cm³/mol. The number of rotatable bonds is 1. The van der Waals surface area contributed by atoms with Crippen LogP contribution in [0.2, 0.25) is 0 Å². The summed E-state index contributed by atoms with van der Waals surface area (Å²) in [5.41, 5.74) is 2.34. The number of hydrogen-bond donors (Lipinski definition) is 1. The molecule has 0 atom stereocenters. The summed E-state index contributed by atoms with van der Waals surface area (Å²) in [7, 11) is 0. The summed E-state index contributed by atoms with van der Waals surface area (Å²) in [5.74, 6) is -0.864. The fraction of sp³-hybridized carbons (Fsp3) is 0.222. The monoisotopic (exact) mass is 186 g/mol. The second-order valence-electron chi connectivity index (χ2n) is 2.68. The van der Waals surface area contributed by atoms with Crippen LogP contribution >= 0.6 is 12.4 Å². The Balaban J connectivity index is 0.00000121. The van der Waals surface area contributed by atoms with Gasteiger partial charge in [-0.05, 0) is 26.0 Å². The molecule has 0 aliphatic heterocycles. The minimum atomic E-state index is -0.864. The number of aryl methyl sites for hydroxylation is 2. The third-order valence-electron chi connectivity index (χ3n) is 1.47. The van der Waals surface area contributed by atoms with E-state index in [1.807, 2.05) is 19.9 Å². The molecule has 0 saturated heterocycles. The van der Waals surface area contributed by atoms with Crippen molar-refractivity contribution in [2.75, 3.05) is 0 Å². The van der Waals surface area contributed by atoms with E-state index in [-0.39, 0.29) is 12.4 Å². The molecule has 0 unspecified atom stereocenters. The number of carbonyl (C=O) groups is 1. The fourth-order valence-corrected chi connectivity index (χ4v) is 1.10. The van der Waals surface area contributed by atoms with Crippen LogP contribution in [-0.2, 0) is 0 Å². The number of hydrogen-bond acceptors (Lipinski definition) is 1. The highest BCUT2D eigenvalue weighted by atomic mass is 35.5. The zero-order valence-electron chi connectivity index (χ0n) is 7.00. The minimum Gasteiger partial charge on any atom is -0.478 e. The average molecular weight is 187 g/mol. The molecule has 66 valence electrons. The molecule has 1 aromatic carbocycles. The molecule has 0 aliphatic rings. The maximum atomic E-state index is 10.5. The van der Waals surface area contributed by atoms with Crippen molar-refractivity contribution < 1.29 is 9.90 Å². The lowest BCUT2D eigenvalue weighted by molar-refractivity contribution is 0.0696. The van der Waals surface area contributed by atoms with Crippen molar-refractivity contribution in [3.63, 3.8) is 0 Å². The Hall–Kier alpha value is -1.02. The van der Waals surface area contributed by atoms with E-state index in [2.05, 4.69) is 0 Å². The van der Waals surface area contributed by atoms with Gasteiger partial charge in [-0.1, -0.05) is 17.2 Å². The van der Waals surface area contributed by atoms with E-state index >= 15 is 0 Å². The Bertz CT molecular complexity index is 274. The van der Waals surface area contributed by atoms with E-state index in [0.717, 1.165) is 11.1 Å². The van der Waals surface area contributed by atoms with Gasteiger partial charge in [0.2, 0.25) is 0 Å². The average Bonchev–Trinajstić information content (AvgIpc) is 1.85. The van der Waals surface area contributed by atoms with Crippen LogP contribution in [0.4, 0.5) is 0 Å². The molecule has 1 rings (SSSR count). The Labute approximate surface area is 77.6 Å². The van der Waals surface area contributed by atoms with Gasteiger partial charge in [0.1, 0.15) is 0 Å².